The molecular weight excluding hydrogens is 290 g/mol. The summed E-state index contributed by atoms with van der Waals surface area (Å²) < 4.78 is 6.81. The maximum atomic E-state index is 11.2. The first-order chi connectivity index (χ1) is 10.1. The van der Waals surface area contributed by atoms with Crippen molar-refractivity contribution in [3.8, 4) is 17.0 Å². The minimum atomic E-state index is 0.259. The molecule has 0 aliphatic carbocycles. The number of fused-ring (bicyclic) bond motifs is 1. The Hall–Kier alpha value is -2.40. The SMILES string of the molecule is COc1ccc(-c2nc3cc(Cl)ccn3c2N=O)c(C)c1. The van der Waals surface area contributed by atoms with Crippen LogP contribution >= 0.6 is 11.6 Å². The number of hydrogen-bond donors (Lipinski definition) is 0. The first kappa shape index (κ1) is 13.6. The zero-order chi connectivity index (χ0) is 15.0. The van der Waals surface area contributed by atoms with Gasteiger partial charge in [0.1, 0.15) is 17.1 Å². The highest BCUT2D eigenvalue weighted by Crippen LogP contribution is 2.34. The fraction of sp³-hybridized carbons (Fsp3) is 0.133. The van der Waals surface area contributed by atoms with Crippen molar-refractivity contribution < 1.29 is 4.74 Å². The van der Waals surface area contributed by atoms with Gasteiger partial charge >= 0.3 is 0 Å². The van der Waals surface area contributed by atoms with Gasteiger partial charge in [0.25, 0.3) is 0 Å². The Balaban J connectivity index is 2.27. The second-order valence-corrected chi connectivity index (χ2v) is 5.07. The molecule has 106 valence electrons. The van der Waals surface area contributed by atoms with Gasteiger partial charge in [0.05, 0.1) is 7.11 Å². The molecule has 5 nitrogen and oxygen atoms in total. The molecule has 21 heavy (non-hydrogen) atoms. The van der Waals surface area contributed by atoms with Crippen LogP contribution in [0.4, 0.5) is 5.82 Å². The highest BCUT2D eigenvalue weighted by Gasteiger charge is 2.17. The van der Waals surface area contributed by atoms with Crippen molar-refractivity contribution in [2.45, 2.75) is 6.92 Å². The molecule has 2 heterocycles. The number of rotatable bonds is 3. The van der Waals surface area contributed by atoms with E-state index in [1.54, 1.807) is 29.8 Å². The van der Waals surface area contributed by atoms with Gasteiger partial charge in [-0.25, -0.2) is 4.98 Å². The van der Waals surface area contributed by atoms with Gasteiger partial charge in [-0.2, -0.15) is 0 Å². The fourth-order valence-corrected chi connectivity index (χ4v) is 2.46. The van der Waals surface area contributed by atoms with Crippen molar-refractivity contribution in [3.05, 3.63) is 52.0 Å². The van der Waals surface area contributed by atoms with Crippen molar-refractivity contribution in [2.75, 3.05) is 7.11 Å². The number of imidazole rings is 1. The predicted molar refractivity (Wildman–Crippen MR) is 82.4 cm³/mol. The molecule has 0 bridgehead atoms. The van der Waals surface area contributed by atoms with Crippen LogP contribution in [0.15, 0.2) is 41.7 Å². The lowest BCUT2D eigenvalue weighted by Crippen LogP contribution is -1.88. The molecule has 0 saturated heterocycles. The lowest BCUT2D eigenvalue weighted by atomic mass is 10.1. The number of benzene rings is 1. The van der Waals surface area contributed by atoms with Crippen LogP contribution < -0.4 is 4.74 Å². The van der Waals surface area contributed by atoms with Gasteiger partial charge in [-0.15, -0.1) is 4.91 Å². The molecule has 0 aliphatic rings. The molecule has 0 amide bonds. The van der Waals surface area contributed by atoms with Crippen LogP contribution in [0, 0.1) is 11.8 Å². The third-order valence-corrected chi connectivity index (χ3v) is 3.57. The lowest BCUT2D eigenvalue weighted by molar-refractivity contribution is 0.414. The third-order valence-electron chi connectivity index (χ3n) is 3.34. The first-order valence-electron chi connectivity index (χ1n) is 6.30. The van der Waals surface area contributed by atoms with Gasteiger partial charge in [-0.05, 0) is 41.9 Å². The number of halogens is 1. The number of nitroso groups, excluding NO2 is 1. The molecule has 3 aromatic rings. The Morgan fingerprint density at radius 3 is 2.76 bits per heavy atom. The Bertz CT molecular complexity index is 842. The van der Waals surface area contributed by atoms with Crippen LogP contribution in [0.3, 0.4) is 0 Å². The average molecular weight is 302 g/mol. The van der Waals surface area contributed by atoms with E-state index in [-0.39, 0.29) is 5.82 Å². The van der Waals surface area contributed by atoms with E-state index in [4.69, 9.17) is 16.3 Å². The molecule has 0 fully saturated rings. The van der Waals surface area contributed by atoms with Crippen LogP contribution in [-0.4, -0.2) is 16.5 Å². The summed E-state index contributed by atoms with van der Waals surface area (Å²) in [6, 6.07) is 8.97. The molecule has 0 spiro atoms. The molecular formula is C15H12ClN3O2. The first-order valence-corrected chi connectivity index (χ1v) is 6.68. The predicted octanol–water partition coefficient (Wildman–Crippen LogP) is 4.37. The third kappa shape index (κ3) is 2.25. The topological polar surface area (TPSA) is 56.0 Å². The highest BCUT2D eigenvalue weighted by atomic mass is 35.5. The number of aryl methyl sites for hydroxylation is 1. The fourth-order valence-electron chi connectivity index (χ4n) is 2.30. The summed E-state index contributed by atoms with van der Waals surface area (Å²) in [4.78, 5) is 15.7. The van der Waals surface area contributed by atoms with Crippen molar-refractivity contribution in [1.82, 2.24) is 9.38 Å². The number of pyridine rings is 1. The van der Waals surface area contributed by atoms with E-state index in [2.05, 4.69) is 10.2 Å². The van der Waals surface area contributed by atoms with Crippen molar-refractivity contribution in [2.24, 2.45) is 5.18 Å². The van der Waals surface area contributed by atoms with E-state index >= 15 is 0 Å². The van der Waals surface area contributed by atoms with Crippen LogP contribution in [0.25, 0.3) is 16.9 Å². The van der Waals surface area contributed by atoms with E-state index in [1.807, 2.05) is 25.1 Å². The number of nitrogens with zero attached hydrogens (tertiary/aromatic N) is 3. The lowest BCUT2D eigenvalue weighted by Gasteiger charge is -2.06. The summed E-state index contributed by atoms with van der Waals surface area (Å²) in [5, 5.41) is 3.68. The Morgan fingerprint density at radius 1 is 1.29 bits per heavy atom. The van der Waals surface area contributed by atoms with Gasteiger partial charge in [-0.3, -0.25) is 4.40 Å². The summed E-state index contributed by atoms with van der Waals surface area (Å²) in [5.41, 5.74) is 2.91. The van der Waals surface area contributed by atoms with Gasteiger partial charge in [-0.1, -0.05) is 11.6 Å². The molecule has 0 N–H and O–H groups in total. The second kappa shape index (κ2) is 5.18. The van der Waals surface area contributed by atoms with Gasteiger partial charge < -0.3 is 4.74 Å². The molecule has 6 heteroatoms. The zero-order valence-electron chi connectivity index (χ0n) is 11.5. The summed E-state index contributed by atoms with van der Waals surface area (Å²) in [6.45, 7) is 1.93. The maximum absolute atomic E-state index is 11.2. The van der Waals surface area contributed by atoms with E-state index in [9.17, 15) is 4.91 Å². The number of aromatic nitrogens is 2. The number of hydrogen-bond acceptors (Lipinski definition) is 4. The zero-order valence-corrected chi connectivity index (χ0v) is 12.3. The van der Waals surface area contributed by atoms with Gasteiger partial charge in [0.15, 0.2) is 0 Å². The molecule has 0 atom stereocenters. The number of ether oxygens (including phenoxy) is 1. The average Bonchev–Trinajstić information content (AvgIpc) is 2.84. The smallest absolute Gasteiger partial charge is 0.209 e. The van der Waals surface area contributed by atoms with Crippen molar-refractivity contribution in [3.63, 3.8) is 0 Å². The summed E-state index contributed by atoms with van der Waals surface area (Å²) in [5.74, 6) is 1.01. The summed E-state index contributed by atoms with van der Waals surface area (Å²) in [6.07, 6.45) is 1.68. The van der Waals surface area contributed by atoms with E-state index in [0.29, 0.717) is 16.4 Å². The van der Waals surface area contributed by atoms with Crippen molar-refractivity contribution >= 4 is 23.1 Å². The van der Waals surface area contributed by atoms with Crippen LogP contribution in [0.2, 0.25) is 5.02 Å². The van der Waals surface area contributed by atoms with Crippen LogP contribution in [0.5, 0.6) is 5.75 Å². The quantitative estimate of drug-likeness (QED) is 0.675. The van der Waals surface area contributed by atoms with Gasteiger partial charge in [0.2, 0.25) is 5.82 Å². The number of methoxy groups -OCH3 is 1. The molecule has 1 aromatic carbocycles. The van der Waals surface area contributed by atoms with E-state index < -0.39 is 0 Å². The summed E-state index contributed by atoms with van der Waals surface area (Å²) >= 11 is 5.96. The largest absolute Gasteiger partial charge is 0.497 e. The minimum Gasteiger partial charge on any atom is -0.497 e. The maximum Gasteiger partial charge on any atom is 0.209 e. The van der Waals surface area contributed by atoms with Gasteiger partial charge in [0, 0.05) is 22.8 Å². The van der Waals surface area contributed by atoms with E-state index in [0.717, 1.165) is 16.9 Å². The minimum absolute atomic E-state index is 0.259. The highest BCUT2D eigenvalue weighted by molar-refractivity contribution is 6.30. The second-order valence-electron chi connectivity index (χ2n) is 4.63. The van der Waals surface area contributed by atoms with Crippen LogP contribution in [0.1, 0.15) is 5.56 Å². The molecule has 0 radical (unpaired) electrons. The van der Waals surface area contributed by atoms with Crippen LogP contribution in [-0.2, 0) is 0 Å². The Morgan fingerprint density at radius 2 is 2.10 bits per heavy atom. The Kier molecular flexibility index (Phi) is 3.35. The van der Waals surface area contributed by atoms with E-state index in [1.165, 1.54) is 0 Å². The van der Waals surface area contributed by atoms with Crippen molar-refractivity contribution in [1.29, 1.82) is 0 Å². The molecule has 2 aromatic heterocycles. The molecule has 3 rings (SSSR count). The monoisotopic (exact) mass is 301 g/mol. The Labute approximate surface area is 126 Å². The standard InChI is InChI=1S/C15H12ClN3O2/c1-9-7-11(21-2)3-4-12(9)14-15(18-20)19-6-5-10(16)8-13(19)17-14/h3-8H,1-2H3. The normalized spacial score (nSPS) is 10.8. The summed E-state index contributed by atoms with van der Waals surface area (Å²) in [7, 11) is 1.61. The molecule has 0 aliphatic heterocycles. The molecule has 0 saturated carbocycles. The molecule has 0 unspecified atom stereocenters.